The van der Waals surface area contributed by atoms with Crippen molar-refractivity contribution in [3.63, 3.8) is 0 Å². The molecule has 3 N–H and O–H groups in total. The summed E-state index contributed by atoms with van der Waals surface area (Å²) in [5.74, 6) is -1.31. The highest BCUT2D eigenvalue weighted by atomic mass is 16.5. The van der Waals surface area contributed by atoms with Gasteiger partial charge in [-0.1, -0.05) is 72.8 Å². The third-order valence-electron chi connectivity index (χ3n) is 4.97. The minimum Gasteiger partial charge on any atom is -0.508 e. The van der Waals surface area contributed by atoms with Gasteiger partial charge in [0.1, 0.15) is 5.75 Å². The quantitative estimate of drug-likeness (QED) is 0.239. The van der Waals surface area contributed by atoms with Crippen LogP contribution in [0.5, 0.6) is 5.75 Å². The number of allylic oxidation sites excluding steroid dienone is 2. The Hall–Kier alpha value is -3.40. The molecule has 4 aromatic carbocycles. The van der Waals surface area contributed by atoms with Crippen molar-refractivity contribution in [2.45, 2.75) is 11.7 Å². The third-order valence-corrected chi connectivity index (χ3v) is 4.97. The zero-order chi connectivity index (χ0) is 20.3. The standard InChI is InChI=1S/C14H10O.C12H12O2/c15-14-6-5-12-7-10-3-1-2-4-11(10)8-13(12)9-14;13-12(14)8-6-11(7-9-12)10-4-2-1-3-5-10/h1-9,15H;1-9,11,13-14H. The predicted molar refractivity (Wildman–Crippen MR) is 118 cm³/mol. The highest BCUT2D eigenvalue weighted by molar-refractivity contribution is 5.98. The molecule has 5 rings (SSSR count). The molecule has 0 fully saturated rings. The van der Waals surface area contributed by atoms with Gasteiger partial charge in [0.05, 0.1) is 0 Å². The van der Waals surface area contributed by atoms with Gasteiger partial charge < -0.3 is 15.3 Å². The van der Waals surface area contributed by atoms with Crippen molar-refractivity contribution < 1.29 is 15.3 Å². The SMILES string of the molecule is OC1(O)C=CC(c2ccccc2)C=C1.Oc1ccc2cc3ccccc3cc2c1. The normalized spacial score (nSPS) is 15.2. The van der Waals surface area contributed by atoms with E-state index in [1.54, 1.807) is 24.3 Å². The fourth-order valence-corrected chi connectivity index (χ4v) is 3.44. The first-order valence-corrected chi connectivity index (χ1v) is 9.50. The lowest BCUT2D eigenvalue weighted by atomic mass is 9.93. The molecular formula is C26H22O3. The van der Waals surface area contributed by atoms with E-state index in [9.17, 15) is 15.3 Å². The molecule has 3 nitrogen and oxygen atoms in total. The number of fused-ring (bicyclic) bond motifs is 2. The van der Waals surface area contributed by atoms with Crippen molar-refractivity contribution in [1.82, 2.24) is 0 Å². The Morgan fingerprint density at radius 1 is 0.586 bits per heavy atom. The van der Waals surface area contributed by atoms with E-state index in [0.29, 0.717) is 5.75 Å². The highest BCUT2D eigenvalue weighted by Gasteiger charge is 2.19. The summed E-state index contributed by atoms with van der Waals surface area (Å²) >= 11 is 0. The van der Waals surface area contributed by atoms with Crippen LogP contribution < -0.4 is 0 Å². The van der Waals surface area contributed by atoms with Crippen LogP contribution in [0.2, 0.25) is 0 Å². The number of aromatic hydroxyl groups is 1. The van der Waals surface area contributed by atoms with Gasteiger partial charge in [0.2, 0.25) is 5.79 Å². The minimum atomic E-state index is -1.77. The second-order valence-corrected chi connectivity index (χ2v) is 7.17. The lowest BCUT2D eigenvalue weighted by Gasteiger charge is -2.19. The Morgan fingerprint density at radius 2 is 1.14 bits per heavy atom. The molecule has 0 saturated heterocycles. The number of benzene rings is 4. The highest BCUT2D eigenvalue weighted by Crippen LogP contribution is 2.26. The molecular weight excluding hydrogens is 360 g/mol. The van der Waals surface area contributed by atoms with Crippen molar-refractivity contribution in [3.05, 3.63) is 115 Å². The maximum absolute atomic E-state index is 9.40. The van der Waals surface area contributed by atoms with E-state index in [4.69, 9.17) is 0 Å². The number of aliphatic hydroxyl groups is 2. The van der Waals surface area contributed by atoms with E-state index in [-0.39, 0.29) is 5.92 Å². The summed E-state index contributed by atoms with van der Waals surface area (Å²) in [6.07, 6.45) is 6.36. The van der Waals surface area contributed by atoms with Gasteiger partial charge in [-0.2, -0.15) is 0 Å². The van der Waals surface area contributed by atoms with Crippen molar-refractivity contribution in [3.8, 4) is 5.75 Å². The number of hydrogen-bond acceptors (Lipinski definition) is 3. The van der Waals surface area contributed by atoms with Gasteiger partial charge in [0, 0.05) is 5.92 Å². The van der Waals surface area contributed by atoms with Crippen LogP contribution in [-0.2, 0) is 0 Å². The first-order chi connectivity index (χ1) is 14.0. The van der Waals surface area contributed by atoms with Crippen molar-refractivity contribution in [1.29, 1.82) is 0 Å². The zero-order valence-corrected chi connectivity index (χ0v) is 15.8. The number of phenolic OH excluding ortho intramolecular Hbond substituents is 1. The zero-order valence-electron chi connectivity index (χ0n) is 15.8. The molecule has 0 radical (unpaired) electrons. The molecule has 1 aliphatic carbocycles. The Balaban J connectivity index is 0.000000142. The van der Waals surface area contributed by atoms with Crippen molar-refractivity contribution >= 4 is 21.5 Å². The Morgan fingerprint density at radius 3 is 1.79 bits per heavy atom. The molecule has 0 bridgehead atoms. The first-order valence-electron chi connectivity index (χ1n) is 9.50. The molecule has 29 heavy (non-hydrogen) atoms. The van der Waals surface area contributed by atoms with Gasteiger partial charge in [0.25, 0.3) is 0 Å². The van der Waals surface area contributed by atoms with Crippen LogP contribution >= 0.6 is 0 Å². The van der Waals surface area contributed by atoms with Gasteiger partial charge in [-0.05, 0) is 63.5 Å². The number of hydrogen-bond donors (Lipinski definition) is 3. The summed E-state index contributed by atoms with van der Waals surface area (Å²) in [5, 5.41) is 32.5. The van der Waals surface area contributed by atoms with Gasteiger partial charge in [0.15, 0.2) is 0 Å². The van der Waals surface area contributed by atoms with Crippen LogP contribution in [0.4, 0.5) is 0 Å². The Bertz CT molecular complexity index is 1170. The Kier molecular flexibility index (Phi) is 5.17. The van der Waals surface area contributed by atoms with Gasteiger partial charge in [-0.25, -0.2) is 0 Å². The average Bonchev–Trinajstić information content (AvgIpc) is 2.73. The maximum Gasteiger partial charge on any atom is 0.202 e. The van der Waals surface area contributed by atoms with E-state index in [1.807, 2.05) is 48.5 Å². The molecule has 144 valence electrons. The minimum absolute atomic E-state index is 0.142. The summed E-state index contributed by atoms with van der Waals surface area (Å²) in [6, 6.07) is 27.9. The fraction of sp³-hybridized carbons (Fsp3) is 0.0769. The van der Waals surface area contributed by atoms with E-state index in [1.165, 1.54) is 22.9 Å². The van der Waals surface area contributed by atoms with Crippen LogP contribution in [0.3, 0.4) is 0 Å². The van der Waals surface area contributed by atoms with E-state index < -0.39 is 5.79 Å². The lowest BCUT2D eigenvalue weighted by molar-refractivity contribution is -0.0754. The summed E-state index contributed by atoms with van der Waals surface area (Å²) in [5.41, 5.74) is 1.15. The lowest BCUT2D eigenvalue weighted by Crippen LogP contribution is -2.23. The molecule has 3 heteroatoms. The topological polar surface area (TPSA) is 60.7 Å². The van der Waals surface area contributed by atoms with Crippen molar-refractivity contribution in [2.75, 3.05) is 0 Å². The molecule has 4 aromatic rings. The van der Waals surface area contributed by atoms with Crippen molar-refractivity contribution in [2.24, 2.45) is 0 Å². The van der Waals surface area contributed by atoms with Crippen LogP contribution in [0.1, 0.15) is 11.5 Å². The largest absolute Gasteiger partial charge is 0.508 e. The van der Waals surface area contributed by atoms with Crippen LogP contribution in [0.15, 0.2) is 109 Å². The van der Waals surface area contributed by atoms with Gasteiger partial charge >= 0.3 is 0 Å². The summed E-state index contributed by atoms with van der Waals surface area (Å²) in [4.78, 5) is 0. The van der Waals surface area contributed by atoms with Gasteiger partial charge in [-0.15, -0.1) is 0 Å². The van der Waals surface area contributed by atoms with Gasteiger partial charge in [-0.3, -0.25) is 0 Å². The molecule has 0 amide bonds. The predicted octanol–water partition coefficient (Wildman–Crippen LogP) is 5.28. The maximum atomic E-state index is 9.40. The summed E-state index contributed by atoms with van der Waals surface area (Å²) in [6.45, 7) is 0. The molecule has 0 aliphatic heterocycles. The molecule has 1 aliphatic rings. The molecule has 0 atom stereocenters. The first kappa shape index (κ1) is 18.9. The smallest absolute Gasteiger partial charge is 0.202 e. The molecule has 0 spiro atoms. The summed E-state index contributed by atoms with van der Waals surface area (Å²) < 4.78 is 0. The second kappa shape index (κ2) is 7.92. The fourth-order valence-electron chi connectivity index (χ4n) is 3.44. The summed E-state index contributed by atoms with van der Waals surface area (Å²) in [7, 11) is 0. The van der Waals surface area contributed by atoms with E-state index in [2.05, 4.69) is 24.3 Å². The van der Waals surface area contributed by atoms with Crippen LogP contribution in [0.25, 0.3) is 21.5 Å². The number of rotatable bonds is 1. The molecule has 0 aromatic heterocycles. The van der Waals surface area contributed by atoms with Crippen LogP contribution in [-0.4, -0.2) is 21.1 Å². The third kappa shape index (κ3) is 4.54. The average molecular weight is 382 g/mol. The number of phenols is 1. The second-order valence-electron chi connectivity index (χ2n) is 7.17. The van der Waals surface area contributed by atoms with E-state index >= 15 is 0 Å². The van der Waals surface area contributed by atoms with E-state index in [0.717, 1.165) is 16.3 Å². The molecule has 0 unspecified atom stereocenters. The molecule has 0 heterocycles. The monoisotopic (exact) mass is 382 g/mol. The molecule has 0 saturated carbocycles. The Labute approximate surface area is 169 Å². The van der Waals surface area contributed by atoms with Crippen LogP contribution in [0, 0.1) is 0 Å².